The summed E-state index contributed by atoms with van der Waals surface area (Å²) in [7, 11) is 0. The lowest BCUT2D eigenvalue weighted by atomic mass is 9.93. The summed E-state index contributed by atoms with van der Waals surface area (Å²) in [6.07, 6.45) is -70.9. The van der Waals surface area contributed by atoms with Gasteiger partial charge in [0.15, 0.2) is 50.3 Å². The molecule has 578 valence electrons. The zero-order valence-electron chi connectivity index (χ0n) is 54.2. The summed E-state index contributed by atoms with van der Waals surface area (Å²) in [5, 5.41) is 241. The number of aliphatic hydroxyl groups excluding tert-OH is 21. The van der Waals surface area contributed by atoms with E-state index in [0.717, 1.165) is 27.7 Å². The van der Waals surface area contributed by atoms with Gasteiger partial charge in [0.2, 0.25) is 23.6 Å². The smallest absolute Gasteiger partial charge is 0.217 e. The summed E-state index contributed by atoms with van der Waals surface area (Å²) >= 11 is 0. The maximum Gasteiger partial charge on any atom is 0.217 e. The van der Waals surface area contributed by atoms with E-state index in [4.69, 9.17) is 71.1 Å². The van der Waals surface area contributed by atoms with Crippen LogP contribution in [0, 0.1) is 0 Å². The second-order valence-corrected chi connectivity index (χ2v) is 25.4. The van der Waals surface area contributed by atoms with Crippen molar-refractivity contribution in [3.05, 3.63) is 0 Å². The largest absolute Gasteiger partial charge is 0.394 e. The maximum absolute atomic E-state index is 13.0. The highest BCUT2D eigenvalue weighted by Gasteiger charge is 2.60. The highest BCUT2D eigenvalue weighted by molar-refractivity contribution is 5.74. The Kier molecular flexibility index (Phi) is 29.3. The maximum atomic E-state index is 13.0. The van der Waals surface area contributed by atoms with Crippen LogP contribution in [-0.2, 0) is 90.2 Å². The molecule has 100 heavy (non-hydrogen) atoms. The fourth-order valence-electron chi connectivity index (χ4n) is 12.8. The third kappa shape index (κ3) is 18.3. The minimum absolute atomic E-state index is 0.782. The number of carbonyl (C=O) groups is 4. The number of hydrogen-bond donors (Lipinski definition) is 25. The molecule has 4 amide bonds. The van der Waals surface area contributed by atoms with Crippen molar-refractivity contribution in [2.24, 2.45) is 0 Å². The molecule has 8 saturated heterocycles. The molecule has 8 fully saturated rings. The van der Waals surface area contributed by atoms with Gasteiger partial charge in [-0.25, -0.2) is 0 Å². The molecule has 8 rings (SSSR count). The van der Waals surface area contributed by atoms with E-state index in [1.807, 2.05) is 0 Å². The van der Waals surface area contributed by atoms with E-state index in [1.165, 1.54) is 6.92 Å². The lowest BCUT2D eigenvalue weighted by molar-refractivity contribution is -0.396. The molecule has 44 nitrogen and oxygen atoms in total. The van der Waals surface area contributed by atoms with Crippen LogP contribution >= 0.6 is 0 Å². The quantitative estimate of drug-likeness (QED) is 0.0404. The van der Waals surface area contributed by atoms with Crippen molar-refractivity contribution in [2.45, 2.75) is 280 Å². The van der Waals surface area contributed by atoms with E-state index in [1.54, 1.807) is 0 Å². The van der Waals surface area contributed by atoms with Crippen molar-refractivity contribution in [1.82, 2.24) is 21.3 Å². The number of hydrogen-bond acceptors (Lipinski definition) is 40. The molecule has 40 atom stereocenters. The number of rotatable bonds is 25. The molecule has 0 spiro atoms. The van der Waals surface area contributed by atoms with Gasteiger partial charge in [-0.15, -0.1) is 0 Å². The zero-order chi connectivity index (χ0) is 73.8. The molecule has 0 aromatic heterocycles. The molecule has 0 aromatic carbocycles. The summed E-state index contributed by atoms with van der Waals surface area (Å²) in [4.78, 5) is 50.5. The van der Waals surface area contributed by atoms with Crippen LogP contribution in [0.1, 0.15) is 34.6 Å². The van der Waals surface area contributed by atoms with Crippen molar-refractivity contribution in [2.75, 3.05) is 46.2 Å². The average molecular weight is 1460 g/mol. The summed E-state index contributed by atoms with van der Waals surface area (Å²) in [5.41, 5.74) is 0. The Bertz CT molecular complexity index is 2620. The normalized spacial score (nSPS) is 48.7. The SMILES string of the molecule is CC(=O)N[C@@H]1[C@@H](O)[C@H](O[C@@H]2O[C@H](CO)[C@@H](O[C@@H]3O[C@H](CO[C@H]4O[C@H](CO)[C@@H](O)[C@H](O)[C@@H]4O)[C@@H](O)[C@H](O[C@H]4O[C@H](CO)[C@@H](O)[C@H](O)[C@@H]4O[C@@H]4O[C@H](CO)[C@@H](O[C@@H]5O[C@H](CO)[C@H](O)[C@H](O)[C@H]5NC(C)=O)[C@H](O)[C@H]4NC(C)=O)[C@@H]3O)[C@H](O)[C@H]2NC(C)=O)[C@@H](CO[C@@H]2O[C@@H](C)[C@@H](O)[C@@H](O)[C@@H]2O)O[C@H]1O. The summed E-state index contributed by atoms with van der Waals surface area (Å²) in [6.45, 7) is -1.77. The standard InChI is InChI=1S/C56H94N4O40/c1-13-29(70)38(79)41(82)53(88-13)87-12-24-46(35(76)25(49(85)89-24)57-14(2)66)97-51-27(59-16(4)68)37(78)45(22(10-65)93-51)98-55-43(84)47(33(74)23(95-55)11-86-54-42(83)39(80)31(72)19(7-62)91-54)99-56-48(40(81)32(73)20(8-63)92-56)100-52-28(60-17(5)69)36(77)44(21(9-64)94-52)96-50-26(58-15(3)67)34(75)30(71)18(6-61)90-50/h13,18-56,61-65,70-85H,6-12H2,1-5H3,(H,57,66)(H,58,67)(H,59,68)(H,60,69)/t13-,18+,19+,20+,21+,22+,23+,24+,25+,26+,27+,28+,29+,30-,31+,32+,33+,34+,35+,36+,37+,38+,39-,40-,41-,42-,43-,44+,45+,46+,47-,48-,49+,50-,51-,52-,53+,54-,55-,56+/m0/s1. The van der Waals surface area contributed by atoms with Gasteiger partial charge in [-0.1, -0.05) is 0 Å². The molecular weight excluding hydrogens is 1370 g/mol. The number of ether oxygens (including phenoxy) is 15. The molecule has 0 radical (unpaired) electrons. The topological polar surface area (TPSA) is 680 Å². The van der Waals surface area contributed by atoms with Crippen molar-refractivity contribution in [3.63, 3.8) is 0 Å². The Morgan fingerprint density at radius 1 is 0.280 bits per heavy atom. The third-order valence-corrected chi connectivity index (χ3v) is 18.2. The highest BCUT2D eigenvalue weighted by Crippen LogP contribution is 2.39. The van der Waals surface area contributed by atoms with Crippen LogP contribution < -0.4 is 21.3 Å². The predicted octanol–water partition coefficient (Wildman–Crippen LogP) is -16.8. The van der Waals surface area contributed by atoms with Crippen LogP contribution in [0.2, 0.25) is 0 Å². The first-order valence-corrected chi connectivity index (χ1v) is 32.0. The molecule has 8 aliphatic heterocycles. The lowest BCUT2D eigenvalue weighted by Crippen LogP contribution is -2.71. The molecule has 8 heterocycles. The van der Waals surface area contributed by atoms with Gasteiger partial charge in [0.1, 0.15) is 189 Å². The van der Waals surface area contributed by atoms with E-state index >= 15 is 0 Å². The Labute approximate surface area is 567 Å². The van der Waals surface area contributed by atoms with E-state index < -0.39 is 315 Å². The van der Waals surface area contributed by atoms with Crippen LogP contribution in [0.5, 0.6) is 0 Å². The van der Waals surface area contributed by atoms with Crippen LogP contribution in [0.25, 0.3) is 0 Å². The van der Waals surface area contributed by atoms with Gasteiger partial charge in [-0.2, -0.15) is 0 Å². The van der Waals surface area contributed by atoms with E-state index in [-0.39, 0.29) is 0 Å². The van der Waals surface area contributed by atoms with Crippen LogP contribution in [0.4, 0.5) is 0 Å². The van der Waals surface area contributed by atoms with Crippen molar-refractivity contribution in [1.29, 1.82) is 0 Å². The molecule has 0 bridgehead atoms. The summed E-state index contributed by atoms with van der Waals surface area (Å²) in [6, 6.07) is -7.14. The molecule has 0 unspecified atom stereocenters. The van der Waals surface area contributed by atoms with Gasteiger partial charge in [-0.05, 0) is 6.92 Å². The van der Waals surface area contributed by atoms with Gasteiger partial charge < -0.3 is 200 Å². The fourth-order valence-corrected chi connectivity index (χ4v) is 12.8. The minimum atomic E-state index is -2.48. The Balaban J connectivity index is 1.10. The monoisotopic (exact) mass is 1460 g/mol. The average Bonchev–Trinajstić information content (AvgIpc) is 0.769. The Morgan fingerprint density at radius 2 is 0.610 bits per heavy atom. The van der Waals surface area contributed by atoms with Crippen LogP contribution in [0.3, 0.4) is 0 Å². The highest BCUT2D eigenvalue weighted by atomic mass is 16.8. The van der Waals surface area contributed by atoms with E-state index in [9.17, 15) is 126 Å². The van der Waals surface area contributed by atoms with Gasteiger partial charge >= 0.3 is 0 Å². The number of amides is 4. The van der Waals surface area contributed by atoms with Gasteiger partial charge in [0.25, 0.3) is 0 Å². The molecule has 0 aliphatic carbocycles. The molecule has 25 N–H and O–H groups in total. The molecule has 0 saturated carbocycles. The van der Waals surface area contributed by atoms with E-state index in [0.29, 0.717) is 0 Å². The second-order valence-electron chi connectivity index (χ2n) is 25.4. The summed E-state index contributed by atoms with van der Waals surface area (Å²) < 4.78 is 88.4. The molecular formula is C56H94N4O40. The van der Waals surface area contributed by atoms with Gasteiger partial charge in [0.05, 0.1) is 52.4 Å². The van der Waals surface area contributed by atoms with Crippen LogP contribution in [0.15, 0.2) is 0 Å². The van der Waals surface area contributed by atoms with Crippen molar-refractivity contribution >= 4 is 23.6 Å². The lowest BCUT2D eigenvalue weighted by Gasteiger charge is -2.51. The minimum Gasteiger partial charge on any atom is -0.394 e. The number of carbonyl (C=O) groups excluding carboxylic acids is 4. The van der Waals surface area contributed by atoms with E-state index in [2.05, 4.69) is 21.3 Å². The third-order valence-electron chi connectivity index (χ3n) is 18.2. The van der Waals surface area contributed by atoms with Crippen LogP contribution in [-0.4, -0.2) is 423 Å². The molecule has 44 heteroatoms. The Morgan fingerprint density at radius 3 is 1.08 bits per heavy atom. The second kappa shape index (κ2) is 35.7. The number of aliphatic hydroxyl groups is 21. The number of nitrogens with one attached hydrogen (secondary N) is 4. The molecule has 8 aliphatic rings. The zero-order valence-corrected chi connectivity index (χ0v) is 54.2. The first-order valence-electron chi connectivity index (χ1n) is 32.0. The first kappa shape index (κ1) is 82.1. The molecule has 0 aromatic rings. The van der Waals surface area contributed by atoms with Gasteiger partial charge in [-0.3, -0.25) is 19.2 Å². The summed E-state index contributed by atoms with van der Waals surface area (Å²) in [5.74, 6) is -3.43. The van der Waals surface area contributed by atoms with Crippen molar-refractivity contribution in [3.8, 4) is 0 Å². The predicted molar refractivity (Wildman–Crippen MR) is 309 cm³/mol. The first-order chi connectivity index (χ1) is 47.2. The fraction of sp³-hybridized carbons (Fsp3) is 0.929. The Hall–Kier alpha value is -3.56. The van der Waals surface area contributed by atoms with Crippen molar-refractivity contribution < 1.29 is 197 Å². The van der Waals surface area contributed by atoms with Gasteiger partial charge in [0, 0.05) is 27.7 Å².